The Morgan fingerprint density at radius 1 is 1.25 bits per heavy atom. The predicted octanol–water partition coefficient (Wildman–Crippen LogP) is 3.52. The summed E-state index contributed by atoms with van der Waals surface area (Å²) in [5.41, 5.74) is 2.04. The minimum absolute atomic E-state index is 0.261. The molecule has 0 saturated heterocycles. The number of hydrogen-bond donors (Lipinski definition) is 0. The molecular weight excluding hydrogens is 227 g/mol. The Morgan fingerprint density at radius 2 is 2.06 bits per heavy atom. The number of imidazole rings is 1. The van der Waals surface area contributed by atoms with Crippen molar-refractivity contribution in [2.45, 2.75) is 25.3 Å². The van der Waals surface area contributed by atoms with Gasteiger partial charge in [0.25, 0.3) is 0 Å². The quantitative estimate of drug-likeness (QED) is 0.578. The second-order valence-corrected chi connectivity index (χ2v) is 3.97. The first-order valence-corrected chi connectivity index (χ1v) is 5.96. The number of benzene rings is 1. The molecule has 2 aromatic rings. The average molecular weight is 241 g/mol. The van der Waals surface area contributed by atoms with Crippen molar-refractivity contribution in [2.75, 3.05) is 6.67 Å². The fraction of sp³-hybridized carbons (Fsp3) is 0.417. The molecule has 0 aliphatic heterocycles. The number of unbranched alkanes of at least 4 members (excludes halogenated alkanes) is 1. The van der Waals surface area contributed by atoms with E-state index in [2.05, 4.69) is 9.55 Å². The highest BCUT2D eigenvalue weighted by molar-refractivity contribution is 6.16. The zero-order valence-corrected chi connectivity index (χ0v) is 9.75. The number of para-hydroxylation sites is 2. The highest BCUT2D eigenvalue weighted by Crippen LogP contribution is 2.18. The SMILES string of the molecule is FCCCCn1c(CCl)nc2ccccc21. The van der Waals surface area contributed by atoms with E-state index in [1.54, 1.807) is 0 Å². The molecular formula is C12H14ClFN2. The van der Waals surface area contributed by atoms with Crippen LogP contribution >= 0.6 is 11.6 Å². The van der Waals surface area contributed by atoms with E-state index in [1.807, 2.05) is 24.3 Å². The van der Waals surface area contributed by atoms with Crippen molar-refractivity contribution in [3.8, 4) is 0 Å². The van der Waals surface area contributed by atoms with Crippen LogP contribution in [0.25, 0.3) is 11.0 Å². The van der Waals surface area contributed by atoms with Crippen LogP contribution in [0.1, 0.15) is 18.7 Å². The summed E-state index contributed by atoms with van der Waals surface area (Å²) >= 11 is 5.86. The smallest absolute Gasteiger partial charge is 0.124 e. The summed E-state index contributed by atoms with van der Waals surface area (Å²) in [5, 5.41) is 0. The third-order valence-corrected chi connectivity index (χ3v) is 2.86. The van der Waals surface area contributed by atoms with Crippen molar-refractivity contribution in [1.82, 2.24) is 9.55 Å². The average Bonchev–Trinajstić information content (AvgIpc) is 2.68. The molecule has 0 N–H and O–H groups in total. The number of nitrogens with zero attached hydrogens (tertiary/aromatic N) is 2. The molecule has 0 saturated carbocycles. The lowest BCUT2D eigenvalue weighted by molar-refractivity contribution is 0.447. The molecule has 1 aromatic heterocycles. The molecule has 1 aromatic carbocycles. The summed E-state index contributed by atoms with van der Waals surface area (Å²) in [6.45, 7) is 0.523. The first kappa shape index (κ1) is 11.4. The van der Waals surface area contributed by atoms with E-state index in [4.69, 9.17) is 11.6 Å². The molecule has 0 aliphatic rings. The van der Waals surface area contributed by atoms with Gasteiger partial charge in [0.2, 0.25) is 0 Å². The van der Waals surface area contributed by atoms with Gasteiger partial charge in [0.15, 0.2) is 0 Å². The van der Waals surface area contributed by atoms with Crippen LogP contribution in [0.3, 0.4) is 0 Å². The van der Waals surface area contributed by atoms with Gasteiger partial charge in [0, 0.05) is 6.54 Å². The topological polar surface area (TPSA) is 17.8 Å². The van der Waals surface area contributed by atoms with Crippen molar-refractivity contribution < 1.29 is 4.39 Å². The van der Waals surface area contributed by atoms with Crippen LogP contribution in [-0.2, 0) is 12.4 Å². The second-order valence-electron chi connectivity index (χ2n) is 3.70. The van der Waals surface area contributed by atoms with Crippen LogP contribution < -0.4 is 0 Å². The monoisotopic (exact) mass is 240 g/mol. The Balaban J connectivity index is 2.32. The minimum Gasteiger partial charge on any atom is -0.327 e. The van der Waals surface area contributed by atoms with Crippen LogP contribution in [0.5, 0.6) is 0 Å². The summed E-state index contributed by atoms with van der Waals surface area (Å²) in [6, 6.07) is 7.93. The second kappa shape index (κ2) is 5.30. The number of halogens is 2. The molecule has 0 aliphatic carbocycles. The number of aryl methyl sites for hydroxylation is 1. The van der Waals surface area contributed by atoms with Gasteiger partial charge < -0.3 is 4.57 Å². The Morgan fingerprint density at radius 3 is 2.81 bits per heavy atom. The molecule has 0 bridgehead atoms. The molecule has 0 spiro atoms. The van der Waals surface area contributed by atoms with Gasteiger partial charge in [0.05, 0.1) is 23.6 Å². The Labute approximate surface area is 99.0 Å². The Hall–Kier alpha value is -1.09. The third-order valence-electron chi connectivity index (χ3n) is 2.62. The zero-order chi connectivity index (χ0) is 11.4. The molecule has 2 rings (SSSR count). The summed E-state index contributed by atoms with van der Waals surface area (Å²) in [5.74, 6) is 1.26. The molecule has 1 heterocycles. The van der Waals surface area contributed by atoms with E-state index < -0.39 is 0 Å². The van der Waals surface area contributed by atoms with Gasteiger partial charge in [-0.05, 0) is 25.0 Å². The highest BCUT2D eigenvalue weighted by Gasteiger charge is 2.08. The summed E-state index contributed by atoms with van der Waals surface area (Å²) in [7, 11) is 0. The van der Waals surface area contributed by atoms with Crippen molar-refractivity contribution >= 4 is 22.6 Å². The van der Waals surface area contributed by atoms with Crippen molar-refractivity contribution in [3.05, 3.63) is 30.1 Å². The van der Waals surface area contributed by atoms with Gasteiger partial charge in [-0.25, -0.2) is 4.98 Å². The Kier molecular flexibility index (Phi) is 3.78. The first-order chi connectivity index (χ1) is 7.86. The fourth-order valence-corrected chi connectivity index (χ4v) is 2.05. The van der Waals surface area contributed by atoms with Gasteiger partial charge in [0.1, 0.15) is 5.82 Å². The van der Waals surface area contributed by atoms with E-state index in [1.165, 1.54) is 0 Å². The van der Waals surface area contributed by atoms with Gasteiger partial charge in [-0.3, -0.25) is 4.39 Å². The molecule has 86 valence electrons. The van der Waals surface area contributed by atoms with E-state index in [-0.39, 0.29) is 6.67 Å². The maximum absolute atomic E-state index is 12.1. The lowest BCUT2D eigenvalue weighted by Gasteiger charge is -2.06. The fourth-order valence-electron chi connectivity index (χ4n) is 1.84. The predicted molar refractivity (Wildman–Crippen MR) is 64.5 cm³/mol. The summed E-state index contributed by atoms with van der Waals surface area (Å²) in [4.78, 5) is 4.45. The standard InChI is InChI=1S/C12H14ClFN2/c13-9-12-15-10-5-1-2-6-11(10)16(12)8-4-3-7-14/h1-2,5-6H,3-4,7-9H2. The number of rotatable bonds is 5. The van der Waals surface area contributed by atoms with Crippen molar-refractivity contribution in [3.63, 3.8) is 0 Å². The molecule has 0 amide bonds. The van der Waals surface area contributed by atoms with E-state index in [9.17, 15) is 4.39 Å². The van der Waals surface area contributed by atoms with Gasteiger partial charge in [-0.1, -0.05) is 12.1 Å². The van der Waals surface area contributed by atoms with E-state index >= 15 is 0 Å². The summed E-state index contributed by atoms with van der Waals surface area (Å²) in [6.07, 6.45) is 1.41. The van der Waals surface area contributed by atoms with Crippen LogP contribution in [0.4, 0.5) is 4.39 Å². The van der Waals surface area contributed by atoms with E-state index in [0.29, 0.717) is 12.3 Å². The van der Waals surface area contributed by atoms with Crippen molar-refractivity contribution in [1.29, 1.82) is 0 Å². The molecule has 0 radical (unpaired) electrons. The molecule has 0 fully saturated rings. The largest absolute Gasteiger partial charge is 0.327 e. The molecule has 0 atom stereocenters. The Bertz CT molecular complexity index is 467. The van der Waals surface area contributed by atoms with Gasteiger partial charge in [-0.2, -0.15) is 0 Å². The number of fused-ring (bicyclic) bond motifs is 1. The number of aromatic nitrogens is 2. The normalized spacial score (nSPS) is 11.1. The molecule has 0 unspecified atom stereocenters. The van der Waals surface area contributed by atoms with Crippen molar-refractivity contribution in [2.24, 2.45) is 0 Å². The minimum atomic E-state index is -0.261. The number of hydrogen-bond acceptors (Lipinski definition) is 1. The van der Waals surface area contributed by atoms with E-state index in [0.717, 1.165) is 29.8 Å². The third kappa shape index (κ3) is 2.19. The maximum Gasteiger partial charge on any atom is 0.124 e. The maximum atomic E-state index is 12.1. The molecule has 2 nitrogen and oxygen atoms in total. The lowest BCUT2D eigenvalue weighted by atomic mass is 10.3. The van der Waals surface area contributed by atoms with Crippen LogP contribution in [0.2, 0.25) is 0 Å². The lowest BCUT2D eigenvalue weighted by Crippen LogP contribution is -2.02. The first-order valence-electron chi connectivity index (χ1n) is 5.43. The zero-order valence-electron chi connectivity index (χ0n) is 9.00. The highest BCUT2D eigenvalue weighted by atomic mass is 35.5. The number of alkyl halides is 2. The molecule has 16 heavy (non-hydrogen) atoms. The van der Waals surface area contributed by atoms with Gasteiger partial charge in [-0.15, -0.1) is 11.6 Å². The van der Waals surface area contributed by atoms with Crippen LogP contribution in [0, 0.1) is 0 Å². The van der Waals surface area contributed by atoms with Crippen LogP contribution in [-0.4, -0.2) is 16.2 Å². The van der Waals surface area contributed by atoms with Gasteiger partial charge >= 0.3 is 0 Å². The van der Waals surface area contributed by atoms with Crippen LogP contribution in [0.15, 0.2) is 24.3 Å². The molecule has 4 heteroatoms. The summed E-state index contributed by atoms with van der Waals surface area (Å²) < 4.78 is 14.1.